The molecule has 0 radical (unpaired) electrons. The Labute approximate surface area is 115 Å². The van der Waals surface area contributed by atoms with Gasteiger partial charge < -0.3 is 8.85 Å². The van der Waals surface area contributed by atoms with Crippen LogP contribution in [0.1, 0.15) is 13.8 Å². The number of hydrogen-bond donors (Lipinski definition) is 0. The number of hydrogen-bond acceptors (Lipinski definition) is 2. The second kappa shape index (κ2) is 4.93. The third kappa shape index (κ3) is 2.14. The van der Waals surface area contributed by atoms with E-state index >= 15 is 0 Å². The Morgan fingerprint density at radius 1 is 0.684 bits per heavy atom. The fourth-order valence-electron chi connectivity index (χ4n) is 2.50. The van der Waals surface area contributed by atoms with Crippen molar-refractivity contribution in [2.24, 2.45) is 0 Å². The molecule has 0 N–H and O–H groups in total. The van der Waals surface area contributed by atoms with Gasteiger partial charge in [-0.15, -0.1) is 0 Å². The Morgan fingerprint density at radius 2 is 1.05 bits per heavy atom. The summed E-state index contributed by atoms with van der Waals surface area (Å²) in [5.41, 5.74) is 0. The van der Waals surface area contributed by atoms with Crippen molar-refractivity contribution in [2.45, 2.75) is 26.1 Å². The van der Waals surface area contributed by atoms with Gasteiger partial charge in [0.2, 0.25) is 0 Å². The van der Waals surface area contributed by atoms with Gasteiger partial charge in [-0.1, -0.05) is 60.7 Å². The molecule has 2 aromatic rings. The van der Waals surface area contributed by atoms with Crippen molar-refractivity contribution in [1.82, 2.24) is 0 Å². The molecule has 1 aliphatic rings. The molecule has 3 rings (SSSR count). The first-order valence-corrected chi connectivity index (χ1v) is 8.51. The second-order valence-electron chi connectivity index (χ2n) is 4.99. The van der Waals surface area contributed by atoms with Gasteiger partial charge in [0.25, 0.3) is 0 Å². The number of rotatable bonds is 2. The third-order valence-corrected chi connectivity index (χ3v) is 7.27. The zero-order valence-electron chi connectivity index (χ0n) is 11.2. The Kier molecular flexibility index (Phi) is 3.27. The summed E-state index contributed by atoms with van der Waals surface area (Å²) in [6.07, 6.45) is 0.263. The van der Waals surface area contributed by atoms with Crippen molar-refractivity contribution in [1.29, 1.82) is 0 Å². The van der Waals surface area contributed by atoms with Crippen molar-refractivity contribution in [3.05, 3.63) is 60.7 Å². The average molecular weight is 270 g/mol. The minimum absolute atomic E-state index is 0.132. The Morgan fingerprint density at radius 3 is 1.42 bits per heavy atom. The van der Waals surface area contributed by atoms with E-state index in [1.807, 2.05) is 36.4 Å². The van der Waals surface area contributed by atoms with Crippen molar-refractivity contribution in [3.63, 3.8) is 0 Å². The van der Waals surface area contributed by atoms with Gasteiger partial charge >= 0.3 is 8.56 Å². The standard InChI is InChI=1S/C16H18O2Si/c1-13-14(2)18-19(17-13,15-9-5-3-6-10-15)16-11-7-4-8-12-16/h3-14H,1-2H3. The molecule has 1 fully saturated rings. The van der Waals surface area contributed by atoms with E-state index in [9.17, 15) is 0 Å². The zero-order chi connectivity index (χ0) is 13.3. The molecule has 19 heavy (non-hydrogen) atoms. The van der Waals surface area contributed by atoms with Crippen LogP contribution in [0, 0.1) is 0 Å². The van der Waals surface area contributed by atoms with Gasteiger partial charge in [0, 0.05) is 0 Å². The highest BCUT2D eigenvalue weighted by atomic mass is 28.4. The van der Waals surface area contributed by atoms with Crippen LogP contribution in [0.5, 0.6) is 0 Å². The monoisotopic (exact) mass is 270 g/mol. The van der Waals surface area contributed by atoms with E-state index < -0.39 is 8.56 Å². The fraction of sp³-hybridized carbons (Fsp3) is 0.250. The molecule has 98 valence electrons. The molecule has 0 aromatic heterocycles. The second-order valence-corrected chi connectivity index (χ2v) is 7.85. The van der Waals surface area contributed by atoms with E-state index in [4.69, 9.17) is 8.85 Å². The molecule has 1 saturated heterocycles. The molecule has 1 aliphatic heterocycles. The summed E-state index contributed by atoms with van der Waals surface area (Å²) in [4.78, 5) is 0. The summed E-state index contributed by atoms with van der Waals surface area (Å²) in [5, 5.41) is 2.36. The maximum absolute atomic E-state index is 6.35. The first-order chi connectivity index (χ1) is 9.22. The lowest BCUT2D eigenvalue weighted by Crippen LogP contribution is -2.60. The van der Waals surface area contributed by atoms with E-state index in [2.05, 4.69) is 38.1 Å². The van der Waals surface area contributed by atoms with Crippen LogP contribution in [-0.4, -0.2) is 20.8 Å². The molecule has 2 aromatic carbocycles. The van der Waals surface area contributed by atoms with Gasteiger partial charge in [-0.2, -0.15) is 0 Å². The van der Waals surface area contributed by atoms with Crippen LogP contribution in [0.15, 0.2) is 60.7 Å². The predicted molar refractivity (Wildman–Crippen MR) is 79.0 cm³/mol. The SMILES string of the molecule is CC1O[Si](c2ccccc2)(c2ccccc2)OC1C. The summed E-state index contributed by atoms with van der Waals surface area (Å²) in [6, 6.07) is 20.7. The Bertz CT molecular complexity index is 490. The molecule has 0 saturated carbocycles. The number of benzene rings is 2. The molecule has 2 nitrogen and oxygen atoms in total. The fourth-order valence-corrected chi connectivity index (χ4v) is 6.12. The minimum Gasteiger partial charge on any atom is -0.382 e. The normalized spacial score (nSPS) is 25.4. The van der Waals surface area contributed by atoms with Crippen molar-refractivity contribution in [3.8, 4) is 0 Å². The lowest BCUT2D eigenvalue weighted by Gasteiger charge is -2.25. The summed E-state index contributed by atoms with van der Waals surface area (Å²) in [5.74, 6) is 0. The minimum atomic E-state index is -2.51. The molecule has 0 spiro atoms. The summed E-state index contributed by atoms with van der Waals surface area (Å²) < 4.78 is 12.7. The maximum atomic E-state index is 6.35. The summed E-state index contributed by atoms with van der Waals surface area (Å²) >= 11 is 0. The lowest BCUT2D eigenvalue weighted by atomic mass is 10.3. The topological polar surface area (TPSA) is 18.5 Å². The van der Waals surface area contributed by atoms with Gasteiger partial charge in [-0.3, -0.25) is 0 Å². The molecule has 2 atom stereocenters. The molecule has 2 unspecified atom stereocenters. The zero-order valence-corrected chi connectivity index (χ0v) is 12.2. The smallest absolute Gasteiger partial charge is 0.382 e. The van der Waals surface area contributed by atoms with E-state index in [1.54, 1.807) is 0 Å². The van der Waals surface area contributed by atoms with E-state index in [-0.39, 0.29) is 12.2 Å². The summed E-state index contributed by atoms with van der Waals surface area (Å²) in [7, 11) is -2.51. The molecule has 3 heteroatoms. The van der Waals surface area contributed by atoms with Crippen molar-refractivity contribution in [2.75, 3.05) is 0 Å². The predicted octanol–water partition coefficient (Wildman–Crippen LogP) is 2.07. The largest absolute Gasteiger partial charge is 0.407 e. The average Bonchev–Trinajstić information content (AvgIpc) is 2.78. The van der Waals surface area contributed by atoms with Crippen LogP contribution in [0.4, 0.5) is 0 Å². The highest BCUT2D eigenvalue weighted by Gasteiger charge is 2.51. The van der Waals surface area contributed by atoms with Crippen molar-refractivity contribution >= 4 is 18.9 Å². The van der Waals surface area contributed by atoms with Gasteiger partial charge in [0.05, 0.1) is 12.2 Å². The molecule has 1 heterocycles. The molecule has 0 bridgehead atoms. The van der Waals surface area contributed by atoms with Gasteiger partial charge in [-0.25, -0.2) is 0 Å². The quantitative estimate of drug-likeness (QED) is 0.778. The first-order valence-electron chi connectivity index (χ1n) is 6.69. The van der Waals surface area contributed by atoms with Gasteiger partial charge in [0.1, 0.15) is 0 Å². The molecular weight excluding hydrogens is 252 g/mol. The Balaban J connectivity index is 2.13. The highest BCUT2D eigenvalue weighted by molar-refractivity contribution is 6.93. The van der Waals surface area contributed by atoms with E-state index in [1.165, 1.54) is 10.4 Å². The maximum Gasteiger partial charge on any atom is 0.407 e. The van der Waals surface area contributed by atoms with Crippen LogP contribution in [-0.2, 0) is 8.85 Å². The highest BCUT2D eigenvalue weighted by Crippen LogP contribution is 2.24. The van der Waals surface area contributed by atoms with Crippen LogP contribution >= 0.6 is 0 Å². The van der Waals surface area contributed by atoms with Crippen LogP contribution < -0.4 is 10.4 Å². The van der Waals surface area contributed by atoms with E-state index in [0.29, 0.717) is 0 Å². The van der Waals surface area contributed by atoms with Crippen molar-refractivity contribution < 1.29 is 8.85 Å². The Hall–Kier alpha value is -1.42. The van der Waals surface area contributed by atoms with E-state index in [0.717, 1.165) is 0 Å². The summed E-state index contributed by atoms with van der Waals surface area (Å²) in [6.45, 7) is 4.18. The lowest BCUT2D eigenvalue weighted by molar-refractivity contribution is 0.187. The van der Waals surface area contributed by atoms with Crippen LogP contribution in [0.3, 0.4) is 0 Å². The molecular formula is C16H18O2Si. The molecule has 0 aliphatic carbocycles. The molecule has 0 amide bonds. The third-order valence-electron chi connectivity index (χ3n) is 3.67. The van der Waals surface area contributed by atoms with Gasteiger partial charge in [0.15, 0.2) is 0 Å². The first kappa shape index (κ1) is 12.6. The van der Waals surface area contributed by atoms with Crippen LogP contribution in [0.2, 0.25) is 0 Å². The van der Waals surface area contributed by atoms with Crippen LogP contribution in [0.25, 0.3) is 0 Å². The van der Waals surface area contributed by atoms with Gasteiger partial charge in [-0.05, 0) is 24.2 Å².